The Labute approximate surface area is 165 Å². The topological polar surface area (TPSA) is 45.7 Å². The number of halogens is 1. The highest BCUT2D eigenvalue weighted by Gasteiger charge is 2.55. The average Bonchev–Trinajstić information content (AvgIpc) is 3.21. The number of amides is 1. The molecule has 5 nitrogen and oxygen atoms in total. The summed E-state index contributed by atoms with van der Waals surface area (Å²) in [6.07, 6.45) is 4.43. The molecular weight excluding hydrogens is 357 g/mol. The van der Waals surface area contributed by atoms with E-state index in [9.17, 15) is 9.18 Å². The van der Waals surface area contributed by atoms with Gasteiger partial charge in [-0.3, -0.25) is 4.79 Å². The van der Waals surface area contributed by atoms with E-state index in [-0.39, 0.29) is 22.8 Å². The molecule has 2 aromatic rings. The first-order valence-electron chi connectivity index (χ1n) is 9.71. The van der Waals surface area contributed by atoms with Crippen molar-refractivity contribution in [2.24, 2.45) is 0 Å². The summed E-state index contributed by atoms with van der Waals surface area (Å²) in [7, 11) is 1.54. The fourth-order valence-corrected chi connectivity index (χ4v) is 4.99. The molecule has 1 unspecified atom stereocenters. The summed E-state index contributed by atoms with van der Waals surface area (Å²) in [6, 6.07) is 10.2. The SMILES string of the molecule is COc1ncccc1C(=O)N1CCCC12CN(c1ccc(F)cc1)C(C)(C)C2. The van der Waals surface area contributed by atoms with Crippen LogP contribution in [0.2, 0.25) is 0 Å². The second kappa shape index (κ2) is 6.76. The lowest BCUT2D eigenvalue weighted by atomic mass is 9.87. The lowest BCUT2D eigenvalue weighted by Crippen LogP contribution is -2.49. The van der Waals surface area contributed by atoms with E-state index in [2.05, 4.69) is 23.7 Å². The molecule has 0 radical (unpaired) electrons. The molecule has 1 amide bonds. The highest BCUT2D eigenvalue weighted by atomic mass is 19.1. The molecule has 0 saturated carbocycles. The van der Waals surface area contributed by atoms with Crippen molar-refractivity contribution in [2.45, 2.75) is 44.2 Å². The maximum Gasteiger partial charge on any atom is 0.259 e. The van der Waals surface area contributed by atoms with Gasteiger partial charge in [0.25, 0.3) is 5.91 Å². The number of ether oxygens (including phenoxy) is 1. The van der Waals surface area contributed by atoms with Crippen molar-refractivity contribution in [3.63, 3.8) is 0 Å². The van der Waals surface area contributed by atoms with Crippen LogP contribution in [-0.4, -0.2) is 47.1 Å². The van der Waals surface area contributed by atoms with Crippen LogP contribution in [0.25, 0.3) is 0 Å². The van der Waals surface area contributed by atoms with Gasteiger partial charge in [-0.15, -0.1) is 0 Å². The lowest BCUT2D eigenvalue weighted by Gasteiger charge is -2.35. The third-order valence-corrected chi connectivity index (χ3v) is 6.12. The zero-order valence-electron chi connectivity index (χ0n) is 16.6. The summed E-state index contributed by atoms with van der Waals surface area (Å²) < 4.78 is 18.7. The molecule has 0 aliphatic carbocycles. The van der Waals surface area contributed by atoms with Gasteiger partial charge in [-0.1, -0.05) is 0 Å². The fourth-order valence-electron chi connectivity index (χ4n) is 4.99. The van der Waals surface area contributed by atoms with Crippen molar-refractivity contribution >= 4 is 11.6 Å². The Hall–Kier alpha value is -2.63. The van der Waals surface area contributed by atoms with Crippen LogP contribution in [0.15, 0.2) is 42.6 Å². The van der Waals surface area contributed by atoms with Crippen LogP contribution in [0.5, 0.6) is 5.88 Å². The van der Waals surface area contributed by atoms with E-state index in [0.717, 1.165) is 38.0 Å². The quantitative estimate of drug-likeness (QED) is 0.807. The number of likely N-dealkylation sites (tertiary alicyclic amines) is 1. The molecule has 6 heteroatoms. The fraction of sp³-hybridized carbons (Fsp3) is 0.455. The van der Waals surface area contributed by atoms with E-state index in [0.29, 0.717) is 11.4 Å². The molecule has 28 heavy (non-hydrogen) atoms. The van der Waals surface area contributed by atoms with Crippen LogP contribution in [-0.2, 0) is 0 Å². The number of aromatic nitrogens is 1. The molecule has 1 atom stereocenters. The molecule has 1 spiro atoms. The number of rotatable bonds is 3. The monoisotopic (exact) mass is 383 g/mol. The number of pyridine rings is 1. The molecule has 4 rings (SSSR count). The number of carbonyl (C=O) groups excluding carboxylic acids is 1. The van der Waals surface area contributed by atoms with Crippen LogP contribution >= 0.6 is 0 Å². The highest BCUT2D eigenvalue weighted by molar-refractivity contribution is 5.97. The van der Waals surface area contributed by atoms with Crippen LogP contribution in [0, 0.1) is 5.82 Å². The van der Waals surface area contributed by atoms with Gasteiger partial charge in [0.1, 0.15) is 11.4 Å². The summed E-state index contributed by atoms with van der Waals surface area (Å²) >= 11 is 0. The first-order chi connectivity index (χ1) is 13.4. The summed E-state index contributed by atoms with van der Waals surface area (Å²) in [5, 5.41) is 0. The molecule has 0 bridgehead atoms. The number of hydrogen-bond donors (Lipinski definition) is 0. The van der Waals surface area contributed by atoms with Gasteiger partial charge in [0.2, 0.25) is 5.88 Å². The average molecular weight is 383 g/mol. The van der Waals surface area contributed by atoms with E-state index >= 15 is 0 Å². The molecule has 2 aliphatic rings. The number of methoxy groups -OCH3 is 1. The van der Waals surface area contributed by atoms with Crippen molar-refractivity contribution in [3.05, 3.63) is 54.0 Å². The van der Waals surface area contributed by atoms with Gasteiger partial charge >= 0.3 is 0 Å². The van der Waals surface area contributed by atoms with E-state index in [1.54, 1.807) is 18.3 Å². The van der Waals surface area contributed by atoms with Crippen molar-refractivity contribution in [2.75, 3.05) is 25.1 Å². The molecule has 0 N–H and O–H groups in total. The Morgan fingerprint density at radius 3 is 2.68 bits per heavy atom. The zero-order valence-corrected chi connectivity index (χ0v) is 16.6. The zero-order chi connectivity index (χ0) is 19.9. The van der Waals surface area contributed by atoms with Crippen molar-refractivity contribution in [1.82, 2.24) is 9.88 Å². The van der Waals surface area contributed by atoms with Crippen LogP contribution < -0.4 is 9.64 Å². The summed E-state index contributed by atoms with van der Waals surface area (Å²) in [5.74, 6) is 0.0956. The molecule has 148 valence electrons. The summed E-state index contributed by atoms with van der Waals surface area (Å²) in [4.78, 5) is 21.9. The van der Waals surface area contributed by atoms with Gasteiger partial charge in [-0.25, -0.2) is 9.37 Å². The van der Waals surface area contributed by atoms with Crippen LogP contribution in [0.4, 0.5) is 10.1 Å². The van der Waals surface area contributed by atoms with Crippen molar-refractivity contribution in [3.8, 4) is 5.88 Å². The first-order valence-corrected chi connectivity index (χ1v) is 9.71. The van der Waals surface area contributed by atoms with Crippen molar-refractivity contribution in [1.29, 1.82) is 0 Å². The number of anilines is 1. The predicted molar refractivity (Wildman–Crippen MR) is 106 cm³/mol. The van der Waals surface area contributed by atoms with Gasteiger partial charge < -0.3 is 14.5 Å². The molecule has 3 heterocycles. The molecule has 2 aliphatic heterocycles. The molecule has 1 aromatic heterocycles. The standard InChI is InChI=1S/C22H26FN3O2/c1-21(2)14-22(15-26(21)17-9-7-16(23)8-10-17)11-5-13-25(22)20(27)18-6-4-12-24-19(18)28-3/h4,6-10,12H,5,11,13-15H2,1-3H3. The molecule has 2 fully saturated rings. The summed E-state index contributed by atoms with van der Waals surface area (Å²) in [6.45, 7) is 5.84. The van der Waals surface area contributed by atoms with Crippen LogP contribution in [0.3, 0.4) is 0 Å². The number of nitrogens with zero attached hydrogens (tertiary/aromatic N) is 3. The van der Waals surface area contributed by atoms with E-state index in [1.165, 1.54) is 19.2 Å². The van der Waals surface area contributed by atoms with Gasteiger partial charge in [-0.05, 0) is 69.5 Å². The second-order valence-corrected chi connectivity index (χ2v) is 8.40. The third kappa shape index (κ3) is 3.01. The van der Waals surface area contributed by atoms with E-state index in [4.69, 9.17) is 4.74 Å². The van der Waals surface area contributed by atoms with Gasteiger partial charge in [0.05, 0.1) is 12.6 Å². The maximum absolute atomic E-state index is 13.4. The lowest BCUT2D eigenvalue weighted by molar-refractivity contribution is 0.0613. The Kier molecular flexibility index (Phi) is 4.52. The van der Waals surface area contributed by atoms with Crippen LogP contribution in [0.1, 0.15) is 43.5 Å². The predicted octanol–water partition coefficient (Wildman–Crippen LogP) is 3.89. The highest BCUT2D eigenvalue weighted by Crippen LogP contribution is 2.47. The minimum Gasteiger partial charge on any atom is -0.480 e. The summed E-state index contributed by atoms with van der Waals surface area (Å²) in [5.41, 5.74) is 1.11. The minimum absolute atomic E-state index is 0.0285. The third-order valence-electron chi connectivity index (χ3n) is 6.12. The Morgan fingerprint density at radius 1 is 1.21 bits per heavy atom. The van der Waals surface area contributed by atoms with E-state index < -0.39 is 0 Å². The Morgan fingerprint density at radius 2 is 1.96 bits per heavy atom. The van der Waals surface area contributed by atoms with E-state index in [1.807, 2.05) is 17.0 Å². The second-order valence-electron chi connectivity index (χ2n) is 8.40. The van der Waals surface area contributed by atoms with Gasteiger partial charge in [0.15, 0.2) is 0 Å². The number of hydrogen-bond acceptors (Lipinski definition) is 4. The molecular formula is C22H26FN3O2. The smallest absolute Gasteiger partial charge is 0.259 e. The first kappa shape index (κ1) is 18.7. The maximum atomic E-state index is 13.4. The molecule has 1 aromatic carbocycles. The largest absolute Gasteiger partial charge is 0.480 e. The number of carbonyl (C=O) groups is 1. The Balaban J connectivity index is 1.67. The minimum atomic E-state index is -0.240. The Bertz CT molecular complexity index is 884. The van der Waals surface area contributed by atoms with Gasteiger partial charge in [-0.2, -0.15) is 0 Å². The van der Waals surface area contributed by atoms with Gasteiger partial charge in [0, 0.05) is 30.5 Å². The molecule has 2 saturated heterocycles. The number of benzene rings is 1. The normalized spacial score (nSPS) is 23.4. The van der Waals surface area contributed by atoms with Crippen molar-refractivity contribution < 1.29 is 13.9 Å².